The number of nitrogens with zero attached hydrogens (tertiary/aromatic N) is 3. The predicted octanol–water partition coefficient (Wildman–Crippen LogP) is 2.24. The van der Waals surface area contributed by atoms with Crippen LogP contribution in [0.5, 0.6) is 5.75 Å². The van der Waals surface area contributed by atoms with Gasteiger partial charge in [0, 0.05) is 35.2 Å². The molecule has 8 nitrogen and oxygen atoms in total. The van der Waals surface area contributed by atoms with E-state index in [-0.39, 0.29) is 12.7 Å². The Balaban J connectivity index is 1.57. The van der Waals surface area contributed by atoms with E-state index in [1.807, 2.05) is 4.90 Å². The zero-order chi connectivity index (χ0) is 19.2. The van der Waals surface area contributed by atoms with E-state index >= 15 is 0 Å². The fourth-order valence-corrected chi connectivity index (χ4v) is 3.12. The number of aromatic nitrogens is 2. The second kappa shape index (κ2) is 9.07. The van der Waals surface area contributed by atoms with Crippen molar-refractivity contribution < 1.29 is 14.3 Å². The van der Waals surface area contributed by atoms with Crippen molar-refractivity contribution in [2.24, 2.45) is 5.73 Å². The molecule has 10 heteroatoms. The van der Waals surface area contributed by atoms with Crippen LogP contribution in [-0.4, -0.2) is 48.3 Å². The van der Waals surface area contributed by atoms with Crippen LogP contribution in [-0.2, 0) is 11.3 Å². The van der Waals surface area contributed by atoms with Crippen molar-refractivity contribution in [3.05, 3.63) is 46.2 Å². The van der Waals surface area contributed by atoms with E-state index in [4.69, 9.17) is 38.4 Å². The van der Waals surface area contributed by atoms with E-state index in [1.165, 1.54) is 0 Å². The summed E-state index contributed by atoms with van der Waals surface area (Å²) in [6.07, 6.45) is 3.02. The quantitative estimate of drug-likeness (QED) is 0.755. The van der Waals surface area contributed by atoms with Crippen molar-refractivity contribution in [2.45, 2.75) is 12.7 Å². The monoisotopic (exact) mass is 411 g/mol. The van der Waals surface area contributed by atoms with Crippen molar-refractivity contribution in [1.29, 1.82) is 0 Å². The molecular weight excluding hydrogens is 393 g/mol. The lowest BCUT2D eigenvalue weighted by Crippen LogP contribution is -2.48. The molecule has 0 spiro atoms. The average Bonchev–Trinajstić information content (AvgIpc) is 2.67. The number of hydrogen-bond acceptors (Lipinski definition) is 6. The highest BCUT2D eigenvalue weighted by Gasteiger charge is 2.22. The minimum Gasteiger partial charge on any atom is -0.486 e. The molecule has 1 aliphatic rings. The number of carbonyl (C=O) groups excluding carboxylic acids is 1. The summed E-state index contributed by atoms with van der Waals surface area (Å²) in [5, 5.41) is 3.63. The molecule has 2 heterocycles. The van der Waals surface area contributed by atoms with E-state index in [9.17, 15) is 4.79 Å². The summed E-state index contributed by atoms with van der Waals surface area (Å²) in [6, 6.07) is 4.72. The molecule has 0 saturated carbocycles. The minimum atomic E-state index is -0.577. The van der Waals surface area contributed by atoms with Gasteiger partial charge in [0.15, 0.2) is 5.75 Å². The lowest BCUT2D eigenvalue weighted by atomic mass is 10.2. The van der Waals surface area contributed by atoms with Gasteiger partial charge < -0.3 is 25.4 Å². The highest BCUT2D eigenvalue weighted by atomic mass is 35.5. The van der Waals surface area contributed by atoms with Gasteiger partial charge >= 0.3 is 6.03 Å². The van der Waals surface area contributed by atoms with Crippen molar-refractivity contribution in [3.63, 3.8) is 0 Å². The Morgan fingerprint density at radius 1 is 1.33 bits per heavy atom. The summed E-state index contributed by atoms with van der Waals surface area (Å²) >= 11 is 12.3. The molecule has 0 radical (unpaired) electrons. The Labute approximate surface area is 166 Å². The van der Waals surface area contributed by atoms with Crippen molar-refractivity contribution in [3.8, 4) is 5.75 Å². The molecule has 27 heavy (non-hydrogen) atoms. The fourth-order valence-electron chi connectivity index (χ4n) is 2.61. The number of benzene rings is 1. The molecule has 1 fully saturated rings. The molecule has 3 N–H and O–H groups in total. The van der Waals surface area contributed by atoms with Crippen LogP contribution in [0.2, 0.25) is 10.0 Å². The van der Waals surface area contributed by atoms with E-state index in [0.29, 0.717) is 53.5 Å². The van der Waals surface area contributed by atoms with Crippen LogP contribution < -0.4 is 20.7 Å². The lowest BCUT2D eigenvalue weighted by molar-refractivity contribution is 0.0421. The third-order valence-corrected chi connectivity index (χ3v) is 4.69. The van der Waals surface area contributed by atoms with Crippen molar-refractivity contribution in [2.75, 3.05) is 31.1 Å². The van der Waals surface area contributed by atoms with Crippen LogP contribution >= 0.6 is 23.2 Å². The highest BCUT2D eigenvalue weighted by molar-refractivity contribution is 6.35. The summed E-state index contributed by atoms with van der Waals surface area (Å²) in [6.45, 7) is 2.28. The Kier molecular flexibility index (Phi) is 6.54. The maximum Gasteiger partial charge on any atom is 0.312 e. The predicted molar refractivity (Wildman–Crippen MR) is 102 cm³/mol. The molecule has 1 aliphatic heterocycles. The first kappa shape index (κ1) is 19.5. The number of primary amides is 1. The maximum atomic E-state index is 10.8. The first-order chi connectivity index (χ1) is 13.0. The topological polar surface area (TPSA) is 103 Å². The molecule has 1 atom stereocenters. The molecule has 1 aromatic heterocycles. The summed E-state index contributed by atoms with van der Waals surface area (Å²) in [7, 11) is 0. The van der Waals surface area contributed by atoms with Crippen LogP contribution in [0, 0.1) is 0 Å². The smallest absolute Gasteiger partial charge is 0.312 e. The zero-order valence-electron chi connectivity index (χ0n) is 14.4. The number of rotatable bonds is 6. The number of amides is 2. The molecule has 2 aromatic rings. The molecular formula is C17H19Cl2N5O3. The summed E-state index contributed by atoms with van der Waals surface area (Å²) in [5.41, 5.74) is 5.80. The van der Waals surface area contributed by atoms with Crippen LogP contribution in [0.3, 0.4) is 0 Å². The lowest BCUT2D eigenvalue weighted by Gasteiger charge is -2.32. The van der Waals surface area contributed by atoms with Crippen LogP contribution in [0.1, 0.15) is 5.56 Å². The number of anilines is 1. The summed E-state index contributed by atoms with van der Waals surface area (Å²) in [5.74, 6) is 1.07. The van der Waals surface area contributed by atoms with Gasteiger partial charge in [-0.25, -0.2) is 14.8 Å². The summed E-state index contributed by atoms with van der Waals surface area (Å²) < 4.78 is 11.3. The average molecular weight is 412 g/mol. The van der Waals surface area contributed by atoms with Gasteiger partial charge in [0.2, 0.25) is 5.95 Å². The number of carbonyl (C=O) groups is 1. The van der Waals surface area contributed by atoms with Crippen LogP contribution in [0.4, 0.5) is 10.7 Å². The SMILES string of the molecule is NC(=O)NCC1CN(c2ncc(OCc3c(Cl)cccc3Cl)cn2)CCO1. The molecule has 0 aliphatic carbocycles. The first-order valence-electron chi connectivity index (χ1n) is 8.30. The first-order valence-corrected chi connectivity index (χ1v) is 9.06. The summed E-state index contributed by atoms with van der Waals surface area (Å²) in [4.78, 5) is 21.5. The van der Waals surface area contributed by atoms with Crippen molar-refractivity contribution >= 4 is 35.2 Å². The van der Waals surface area contributed by atoms with Gasteiger partial charge in [-0.1, -0.05) is 29.3 Å². The van der Waals surface area contributed by atoms with Gasteiger partial charge in [-0.05, 0) is 12.1 Å². The van der Waals surface area contributed by atoms with Gasteiger partial charge in [0.1, 0.15) is 6.61 Å². The Hall–Kier alpha value is -2.29. The molecule has 1 aromatic carbocycles. The number of ether oxygens (including phenoxy) is 2. The second-order valence-corrected chi connectivity index (χ2v) is 6.71. The van der Waals surface area contributed by atoms with Gasteiger partial charge in [0.25, 0.3) is 0 Å². The third kappa shape index (κ3) is 5.35. The van der Waals surface area contributed by atoms with Gasteiger partial charge in [0.05, 0.1) is 25.1 Å². The van der Waals surface area contributed by atoms with E-state index < -0.39 is 6.03 Å². The maximum absolute atomic E-state index is 10.8. The highest BCUT2D eigenvalue weighted by Crippen LogP contribution is 2.25. The minimum absolute atomic E-state index is 0.173. The third-order valence-electron chi connectivity index (χ3n) is 3.98. The molecule has 2 amide bonds. The van der Waals surface area contributed by atoms with E-state index in [0.717, 1.165) is 0 Å². The van der Waals surface area contributed by atoms with Crippen LogP contribution in [0.25, 0.3) is 0 Å². The van der Waals surface area contributed by atoms with E-state index in [1.54, 1.807) is 30.6 Å². The van der Waals surface area contributed by atoms with Gasteiger partial charge in [-0.15, -0.1) is 0 Å². The standard InChI is InChI=1S/C17H19Cl2N5O3/c18-14-2-1-3-15(19)13(14)10-27-11-6-22-17(23-7-11)24-4-5-26-12(9-24)8-21-16(20)25/h1-3,6-7,12H,4-5,8-10H2,(H3,20,21,25). The molecule has 144 valence electrons. The van der Waals surface area contributed by atoms with Gasteiger partial charge in [-0.3, -0.25) is 0 Å². The number of halogens is 2. The molecule has 1 saturated heterocycles. The number of morpholine rings is 1. The van der Waals surface area contributed by atoms with Crippen LogP contribution in [0.15, 0.2) is 30.6 Å². The number of urea groups is 1. The van der Waals surface area contributed by atoms with E-state index in [2.05, 4.69) is 15.3 Å². The number of hydrogen-bond donors (Lipinski definition) is 2. The Bertz CT molecular complexity index is 770. The van der Waals surface area contributed by atoms with Crippen molar-refractivity contribution in [1.82, 2.24) is 15.3 Å². The Morgan fingerprint density at radius 2 is 2.04 bits per heavy atom. The number of nitrogens with two attached hydrogens (primary N) is 1. The fraction of sp³-hybridized carbons (Fsp3) is 0.353. The number of nitrogens with one attached hydrogen (secondary N) is 1. The van der Waals surface area contributed by atoms with Gasteiger partial charge in [-0.2, -0.15) is 0 Å². The molecule has 1 unspecified atom stereocenters. The second-order valence-electron chi connectivity index (χ2n) is 5.89. The zero-order valence-corrected chi connectivity index (χ0v) is 15.9. The normalized spacial score (nSPS) is 16.8. The Morgan fingerprint density at radius 3 is 2.70 bits per heavy atom. The molecule has 3 rings (SSSR count). The largest absolute Gasteiger partial charge is 0.486 e. The molecule has 0 bridgehead atoms.